The summed E-state index contributed by atoms with van der Waals surface area (Å²) >= 11 is 0. The van der Waals surface area contributed by atoms with E-state index in [4.69, 9.17) is 0 Å². The van der Waals surface area contributed by atoms with Crippen LogP contribution in [0.2, 0.25) is 0 Å². The van der Waals surface area contributed by atoms with Crippen LogP contribution < -0.4 is 10.2 Å². The number of para-hydroxylation sites is 2. The summed E-state index contributed by atoms with van der Waals surface area (Å²) in [6.07, 6.45) is 1.76. The third-order valence-corrected chi connectivity index (χ3v) is 4.35. The van der Waals surface area contributed by atoms with Gasteiger partial charge in [0.15, 0.2) is 5.65 Å². The SMILES string of the molecule is Cc1cnn2c(NCc3nc4ccccc4[nH]3)nc(N(C)CC(C)(C)O)nc12. The van der Waals surface area contributed by atoms with E-state index in [0.717, 1.165) is 28.1 Å². The van der Waals surface area contributed by atoms with E-state index in [1.54, 1.807) is 24.6 Å². The number of imidazole rings is 1. The lowest BCUT2D eigenvalue weighted by Gasteiger charge is -2.25. The number of benzene rings is 1. The summed E-state index contributed by atoms with van der Waals surface area (Å²) in [5.41, 5.74) is 2.73. The molecule has 3 heterocycles. The highest BCUT2D eigenvalue weighted by Crippen LogP contribution is 2.19. The Kier molecular flexibility index (Phi) is 4.38. The number of anilines is 2. The van der Waals surface area contributed by atoms with E-state index in [-0.39, 0.29) is 0 Å². The third kappa shape index (κ3) is 3.61. The minimum Gasteiger partial charge on any atom is -0.389 e. The second kappa shape index (κ2) is 6.75. The molecule has 0 saturated heterocycles. The van der Waals surface area contributed by atoms with E-state index in [1.807, 2.05) is 43.1 Å². The van der Waals surface area contributed by atoms with Crippen molar-refractivity contribution < 1.29 is 5.11 Å². The van der Waals surface area contributed by atoms with Crippen molar-refractivity contribution in [2.45, 2.75) is 32.9 Å². The largest absolute Gasteiger partial charge is 0.389 e. The van der Waals surface area contributed by atoms with Gasteiger partial charge >= 0.3 is 0 Å². The Morgan fingerprint density at radius 2 is 2.00 bits per heavy atom. The number of H-pyrrole nitrogens is 1. The van der Waals surface area contributed by atoms with Gasteiger partial charge in [-0.25, -0.2) is 4.98 Å². The van der Waals surface area contributed by atoms with Gasteiger partial charge in [-0.3, -0.25) is 0 Å². The molecule has 0 atom stereocenters. The number of likely N-dealkylation sites (N-methyl/N-ethyl adjacent to an activating group) is 1. The second-order valence-corrected chi connectivity index (χ2v) is 7.63. The minimum absolute atomic E-state index is 0.402. The van der Waals surface area contributed by atoms with Crippen molar-refractivity contribution in [1.82, 2.24) is 29.5 Å². The molecule has 3 aromatic heterocycles. The van der Waals surface area contributed by atoms with Gasteiger partial charge in [0.2, 0.25) is 11.9 Å². The maximum atomic E-state index is 10.1. The van der Waals surface area contributed by atoms with Gasteiger partial charge in [0.1, 0.15) is 5.82 Å². The van der Waals surface area contributed by atoms with Crippen LogP contribution in [0.4, 0.5) is 11.9 Å². The zero-order valence-electron chi connectivity index (χ0n) is 16.4. The Morgan fingerprint density at radius 3 is 2.75 bits per heavy atom. The van der Waals surface area contributed by atoms with Gasteiger partial charge in [0, 0.05) is 19.2 Å². The molecule has 0 amide bonds. The number of aryl methyl sites for hydroxylation is 1. The number of aromatic nitrogens is 6. The van der Waals surface area contributed by atoms with Crippen LogP contribution >= 0.6 is 0 Å². The first-order valence-corrected chi connectivity index (χ1v) is 9.13. The molecule has 0 spiro atoms. The summed E-state index contributed by atoms with van der Waals surface area (Å²) in [4.78, 5) is 18.9. The molecule has 0 aliphatic heterocycles. The van der Waals surface area contributed by atoms with Crippen LogP contribution in [0, 0.1) is 6.92 Å². The molecule has 146 valence electrons. The van der Waals surface area contributed by atoms with Crippen LogP contribution in [0.1, 0.15) is 25.2 Å². The first-order chi connectivity index (χ1) is 13.3. The molecule has 0 bridgehead atoms. The molecular formula is C19H24N8O. The fourth-order valence-electron chi connectivity index (χ4n) is 3.16. The Morgan fingerprint density at radius 1 is 1.21 bits per heavy atom. The predicted octanol–water partition coefficient (Wildman–Crippen LogP) is 2.13. The summed E-state index contributed by atoms with van der Waals surface area (Å²) in [5.74, 6) is 1.89. The zero-order valence-corrected chi connectivity index (χ0v) is 16.4. The molecule has 0 aliphatic rings. The van der Waals surface area contributed by atoms with E-state index in [9.17, 15) is 5.11 Å². The molecular weight excluding hydrogens is 356 g/mol. The first kappa shape index (κ1) is 18.2. The number of aliphatic hydroxyl groups is 1. The molecule has 9 heteroatoms. The number of hydrogen-bond donors (Lipinski definition) is 3. The smallest absolute Gasteiger partial charge is 0.230 e. The highest BCUT2D eigenvalue weighted by atomic mass is 16.3. The van der Waals surface area contributed by atoms with E-state index in [0.29, 0.717) is 25.0 Å². The molecule has 1 aromatic carbocycles. The monoisotopic (exact) mass is 380 g/mol. The second-order valence-electron chi connectivity index (χ2n) is 7.63. The summed E-state index contributed by atoms with van der Waals surface area (Å²) in [6.45, 7) is 6.34. The van der Waals surface area contributed by atoms with Crippen molar-refractivity contribution in [2.75, 3.05) is 23.8 Å². The summed E-state index contributed by atoms with van der Waals surface area (Å²) in [7, 11) is 1.86. The standard InChI is InChI=1S/C19H24N8O/c1-12-9-21-27-16(12)24-18(26(4)11-19(2,3)28)25-17(27)20-10-15-22-13-7-5-6-8-14(13)23-15/h5-9,28H,10-11H2,1-4H3,(H,22,23)(H,20,24,25). The van der Waals surface area contributed by atoms with Crippen LogP contribution in [0.3, 0.4) is 0 Å². The highest BCUT2D eigenvalue weighted by Gasteiger charge is 2.20. The fraction of sp³-hybridized carbons (Fsp3) is 0.368. The van der Waals surface area contributed by atoms with E-state index >= 15 is 0 Å². The normalized spacial score (nSPS) is 12.0. The van der Waals surface area contributed by atoms with Crippen molar-refractivity contribution in [2.24, 2.45) is 0 Å². The van der Waals surface area contributed by atoms with Gasteiger partial charge in [0.05, 0.1) is 29.4 Å². The minimum atomic E-state index is -0.860. The molecule has 9 nitrogen and oxygen atoms in total. The number of rotatable bonds is 6. The van der Waals surface area contributed by atoms with Crippen LogP contribution in [0.25, 0.3) is 16.7 Å². The number of hydrogen-bond acceptors (Lipinski definition) is 7. The first-order valence-electron chi connectivity index (χ1n) is 9.13. The van der Waals surface area contributed by atoms with Crippen LogP contribution in [-0.2, 0) is 6.54 Å². The summed E-state index contributed by atoms with van der Waals surface area (Å²) < 4.78 is 1.68. The van der Waals surface area contributed by atoms with Crippen LogP contribution in [0.5, 0.6) is 0 Å². The van der Waals surface area contributed by atoms with Gasteiger partial charge < -0.3 is 20.3 Å². The zero-order chi connectivity index (χ0) is 19.9. The Labute approximate surface area is 162 Å². The van der Waals surface area contributed by atoms with Crippen molar-refractivity contribution in [3.63, 3.8) is 0 Å². The van der Waals surface area contributed by atoms with Crippen molar-refractivity contribution in [1.29, 1.82) is 0 Å². The third-order valence-electron chi connectivity index (χ3n) is 4.35. The molecule has 4 aromatic rings. The number of nitrogens with zero attached hydrogens (tertiary/aromatic N) is 6. The van der Waals surface area contributed by atoms with Gasteiger partial charge in [-0.1, -0.05) is 12.1 Å². The molecule has 0 fully saturated rings. The van der Waals surface area contributed by atoms with Crippen molar-refractivity contribution in [3.8, 4) is 0 Å². The lowest BCUT2D eigenvalue weighted by atomic mass is 10.1. The maximum Gasteiger partial charge on any atom is 0.230 e. The van der Waals surface area contributed by atoms with E-state index in [1.165, 1.54) is 0 Å². The van der Waals surface area contributed by atoms with Crippen molar-refractivity contribution >= 4 is 28.6 Å². The molecule has 0 radical (unpaired) electrons. The summed E-state index contributed by atoms with van der Waals surface area (Å²) in [5, 5.41) is 17.8. The quantitative estimate of drug-likeness (QED) is 0.470. The number of aromatic amines is 1. The average Bonchev–Trinajstić information content (AvgIpc) is 3.21. The Hall–Kier alpha value is -3.20. The van der Waals surface area contributed by atoms with Gasteiger partial charge in [-0.05, 0) is 32.9 Å². The molecule has 0 saturated carbocycles. The van der Waals surface area contributed by atoms with Gasteiger partial charge in [-0.2, -0.15) is 19.6 Å². The number of fused-ring (bicyclic) bond motifs is 2. The van der Waals surface area contributed by atoms with E-state index in [2.05, 4.69) is 30.4 Å². The Bertz CT molecular complexity index is 1090. The van der Waals surface area contributed by atoms with E-state index < -0.39 is 5.60 Å². The molecule has 0 unspecified atom stereocenters. The molecule has 0 aliphatic carbocycles. The van der Waals surface area contributed by atoms with Crippen molar-refractivity contribution in [3.05, 3.63) is 41.9 Å². The van der Waals surface area contributed by atoms with Gasteiger partial charge in [0.25, 0.3) is 0 Å². The van der Waals surface area contributed by atoms with Crippen LogP contribution in [0.15, 0.2) is 30.5 Å². The average molecular weight is 380 g/mol. The fourth-order valence-corrected chi connectivity index (χ4v) is 3.16. The topological polar surface area (TPSA) is 107 Å². The lowest BCUT2D eigenvalue weighted by molar-refractivity contribution is 0.0883. The van der Waals surface area contributed by atoms with Crippen LogP contribution in [-0.4, -0.2) is 53.9 Å². The van der Waals surface area contributed by atoms with Gasteiger partial charge in [-0.15, -0.1) is 0 Å². The molecule has 3 N–H and O–H groups in total. The highest BCUT2D eigenvalue weighted by molar-refractivity contribution is 5.74. The summed E-state index contributed by atoms with van der Waals surface area (Å²) in [6, 6.07) is 7.91. The Balaban J connectivity index is 1.65. The predicted molar refractivity (Wildman–Crippen MR) is 109 cm³/mol. The lowest BCUT2D eigenvalue weighted by Crippen LogP contribution is -2.37. The molecule has 4 rings (SSSR count). The number of nitrogens with one attached hydrogen (secondary N) is 2. The maximum absolute atomic E-state index is 10.1. The molecule has 28 heavy (non-hydrogen) atoms.